The first-order chi connectivity index (χ1) is 10.3. The van der Waals surface area contributed by atoms with E-state index in [-0.39, 0.29) is 0 Å². The van der Waals surface area contributed by atoms with E-state index in [1.165, 1.54) is 0 Å². The third kappa shape index (κ3) is 2.56. The minimum absolute atomic E-state index is 0.591. The molecule has 8 nitrogen and oxygen atoms in total. The second kappa shape index (κ2) is 5.86. The first kappa shape index (κ1) is 13.5. The summed E-state index contributed by atoms with van der Waals surface area (Å²) in [4.78, 5) is 9.04. The molecule has 3 rings (SSSR count). The van der Waals surface area contributed by atoms with Gasteiger partial charge in [-0.1, -0.05) is 19.1 Å². The molecule has 0 spiro atoms. The number of nitrogens with one attached hydrogen (secondary N) is 2. The number of fused-ring (bicyclic) bond motifs is 1. The molecule has 0 fully saturated rings. The van der Waals surface area contributed by atoms with Crippen LogP contribution in [0, 0.1) is 0 Å². The maximum absolute atomic E-state index is 4.61. The van der Waals surface area contributed by atoms with Crippen LogP contribution in [0.3, 0.4) is 0 Å². The second-order valence-electron chi connectivity index (χ2n) is 4.80. The van der Waals surface area contributed by atoms with Gasteiger partial charge in [0.2, 0.25) is 5.95 Å². The van der Waals surface area contributed by atoms with Gasteiger partial charge in [-0.3, -0.25) is 5.10 Å². The van der Waals surface area contributed by atoms with Crippen LogP contribution in [0.15, 0.2) is 12.4 Å². The van der Waals surface area contributed by atoms with Crippen molar-refractivity contribution in [3.63, 3.8) is 0 Å². The number of rotatable bonds is 6. The normalized spacial score (nSPS) is 11.1. The summed E-state index contributed by atoms with van der Waals surface area (Å²) in [6.07, 6.45) is 5.46. The van der Waals surface area contributed by atoms with Crippen molar-refractivity contribution in [2.24, 2.45) is 0 Å². The highest BCUT2D eigenvalue weighted by atomic mass is 15.4. The highest BCUT2D eigenvalue weighted by molar-refractivity contribution is 5.89. The summed E-state index contributed by atoms with van der Waals surface area (Å²) in [6, 6.07) is 0. The highest BCUT2D eigenvalue weighted by Crippen LogP contribution is 2.25. The van der Waals surface area contributed by atoms with Gasteiger partial charge in [0.1, 0.15) is 11.4 Å². The van der Waals surface area contributed by atoms with Crippen molar-refractivity contribution in [1.82, 2.24) is 35.2 Å². The Bertz CT molecular complexity index is 729. The minimum atomic E-state index is 0.591. The van der Waals surface area contributed by atoms with Crippen LogP contribution >= 0.6 is 0 Å². The van der Waals surface area contributed by atoms with Gasteiger partial charge in [0.05, 0.1) is 17.8 Å². The molecule has 110 valence electrons. The molecule has 0 saturated carbocycles. The van der Waals surface area contributed by atoms with Gasteiger partial charge in [0.15, 0.2) is 5.65 Å². The van der Waals surface area contributed by atoms with Crippen molar-refractivity contribution in [3.05, 3.63) is 12.4 Å². The van der Waals surface area contributed by atoms with Gasteiger partial charge < -0.3 is 5.32 Å². The molecular weight excluding hydrogens is 268 g/mol. The zero-order valence-electron chi connectivity index (χ0n) is 12.2. The Kier molecular flexibility index (Phi) is 3.76. The Morgan fingerprint density at radius 1 is 1.19 bits per heavy atom. The molecule has 8 heteroatoms. The van der Waals surface area contributed by atoms with E-state index in [0.717, 1.165) is 42.7 Å². The molecule has 0 saturated heterocycles. The van der Waals surface area contributed by atoms with Crippen LogP contribution in [-0.4, -0.2) is 41.7 Å². The maximum Gasteiger partial charge on any atom is 0.225 e. The Hall–Kier alpha value is -2.51. The molecule has 21 heavy (non-hydrogen) atoms. The molecule has 0 aliphatic carbocycles. The fourth-order valence-corrected chi connectivity index (χ4v) is 2.16. The molecular formula is C13H18N8. The summed E-state index contributed by atoms with van der Waals surface area (Å²) in [6.45, 7) is 5.83. The monoisotopic (exact) mass is 286 g/mol. The molecule has 3 aromatic rings. The molecule has 3 aromatic heterocycles. The molecule has 0 radical (unpaired) electrons. The lowest BCUT2D eigenvalue weighted by molar-refractivity contribution is 0.583. The Morgan fingerprint density at radius 3 is 2.90 bits per heavy atom. The topological polar surface area (TPSA) is 97.2 Å². The maximum atomic E-state index is 4.61. The van der Waals surface area contributed by atoms with Crippen LogP contribution in [0.5, 0.6) is 0 Å². The third-order valence-corrected chi connectivity index (χ3v) is 3.14. The van der Waals surface area contributed by atoms with Gasteiger partial charge in [-0.15, -0.1) is 5.10 Å². The number of anilines is 1. The summed E-state index contributed by atoms with van der Waals surface area (Å²) in [5, 5.41) is 19.2. The summed E-state index contributed by atoms with van der Waals surface area (Å²) >= 11 is 0. The van der Waals surface area contributed by atoms with Crippen LogP contribution in [0.1, 0.15) is 26.7 Å². The first-order valence-electron chi connectivity index (χ1n) is 7.17. The zero-order valence-corrected chi connectivity index (χ0v) is 12.2. The SMILES string of the molecule is CCCNc1nc(-c2cnnn2CCC)c2cn[nH]c2n1. The van der Waals surface area contributed by atoms with Crippen molar-refractivity contribution >= 4 is 17.0 Å². The fraction of sp³-hybridized carbons (Fsp3) is 0.462. The Morgan fingerprint density at radius 2 is 2.10 bits per heavy atom. The van der Waals surface area contributed by atoms with E-state index in [1.54, 1.807) is 12.4 Å². The molecule has 3 heterocycles. The van der Waals surface area contributed by atoms with Gasteiger partial charge in [-0.2, -0.15) is 10.1 Å². The number of aryl methyl sites for hydroxylation is 1. The predicted molar refractivity (Wildman–Crippen MR) is 79.8 cm³/mol. The quantitative estimate of drug-likeness (QED) is 0.717. The number of hydrogen-bond donors (Lipinski definition) is 2. The fourth-order valence-electron chi connectivity index (χ4n) is 2.16. The van der Waals surface area contributed by atoms with Crippen molar-refractivity contribution in [2.75, 3.05) is 11.9 Å². The van der Waals surface area contributed by atoms with E-state index < -0.39 is 0 Å². The van der Waals surface area contributed by atoms with Crippen LogP contribution in [0.4, 0.5) is 5.95 Å². The molecule has 0 aromatic carbocycles. The van der Waals surface area contributed by atoms with Crippen LogP contribution in [-0.2, 0) is 6.54 Å². The molecule has 0 aliphatic heterocycles. The molecule has 0 aliphatic rings. The molecule has 0 bridgehead atoms. The van der Waals surface area contributed by atoms with Gasteiger partial charge in [0, 0.05) is 13.1 Å². The smallest absolute Gasteiger partial charge is 0.225 e. The summed E-state index contributed by atoms with van der Waals surface area (Å²) in [5.41, 5.74) is 2.39. The predicted octanol–water partition coefficient (Wildman–Crippen LogP) is 1.84. The first-order valence-corrected chi connectivity index (χ1v) is 7.17. The van der Waals surface area contributed by atoms with Crippen molar-refractivity contribution in [2.45, 2.75) is 33.2 Å². The molecule has 0 amide bonds. The van der Waals surface area contributed by atoms with Crippen molar-refractivity contribution in [1.29, 1.82) is 0 Å². The number of aromatic nitrogens is 7. The zero-order chi connectivity index (χ0) is 14.7. The second-order valence-corrected chi connectivity index (χ2v) is 4.80. The third-order valence-electron chi connectivity index (χ3n) is 3.14. The standard InChI is InChI=1S/C13H18N8/c1-3-5-14-13-17-11(9-7-15-19-12(9)18-13)10-8-16-20-21(10)6-4-2/h7-8H,3-6H2,1-2H3,(H2,14,15,17,18,19). The molecule has 0 atom stereocenters. The van der Waals surface area contributed by atoms with Gasteiger partial charge in [-0.25, -0.2) is 9.67 Å². The average Bonchev–Trinajstić information content (AvgIpc) is 3.13. The average molecular weight is 286 g/mol. The Balaban J connectivity index is 2.10. The van der Waals surface area contributed by atoms with E-state index in [2.05, 4.69) is 49.6 Å². The van der Waals surface area contributed by atoms with Crippen molar-refractivity contribution in [3.8, 4) is 11.4 Å². The largest absolute Gasteiger partial charge is 0.354 e. The van der Waals surface area contributed by atoms with Gasteiger partial charge in [0.25, 0.3) is 0 Å². The van der Waals surface area contributed by atoms with E-state index in [9.17, 15) is 0 Å². The lowest BCUT2D eigenvalue weighted by atomic mass is 10.2. The lowest BCUT2D eigenvalue weighted by Crippen LogP contribution is -2.07. The summed E-state index contributed by atoms with van der Waals surface area (Å²) < 4.78 is 1.86. The number of hydrogen-bond acceptors (Lipinski definition) is 6. The summed E-state index contributed by atoms with van der Waals surface area (Å²) in [5.74, 6) is 0.591. The summed E-state index contributed by atoms with van der Waals surface area (Å²) in [7, 11) is 0. The van der Waals surface area contributed by atoms with Crippen LogP contribution in [0.25, 0.3) is 22.4 Å². The Labute approximate surface area is 122 Å². The van der Waals surface area contributed by atoms with E-state index in [0.29, 0.717) is 11.6 Å². The number of nitrogens with zero attached hydrogens (tertiary/aromatic N) is 6. The van der Waals surface area contributed by atoms with E-state index in [1.807, 2.05) is 4.68 Å². The van der Waals surface area contributed by atoms with Crippen LogP contribution in [0.2, 0.25) is 0 Å². The molecule has 2 N–H and O–H groups in total. The minimum Gasteiger partial charge on any atom is -0.354 e. The lowest BCUT2D eigenvalue weighted by Gasteiger charge is -2.08. The molecule has 0 unspecified atom stereocenters. The van der Waals surface area contributed by atoms with Gasteiger partial charge >= 0.3 is 0 Å². The van der Waals surface area contributed by atoms with E-state index >= 15 is 0 Å². The van der Waals surface area contributed by atoms with Crippen molar-refractivity contribution < 1.29 is 0 Å². The highest BCUT2D eigenvalue weighted by Gasteiger charge is 2.15. The number of aromatic amines is 1. The van der Waals surface area contributed by atoms with Gasteiger partial charge in [-0.05, 0) is 12.8 Å². The van der Waals surface area contributed by atoms with E-state index in [4.69, 9.17) is 0 Å². The van der Waals surface area contributed by atoms with Crippen LogP contribution < -0.4 is 5.32 Å². The number of H-pyrrole nitrogens is 1.